The third-order valence-electron chi connectivity index (χ3n) is 4.54. The van der Waals surface area contributed by atoms with Crippen LogP contribution in [-0.4, -0.2) is 6.61 Å². The molecule has 2 atom stereocenters. The molecule has 0 spiro atoms. The molecule has 2 aromatic carbocycles. The van der Waals surface area contributed by atoms with Gasteiger partial charge in [0.05, 0.1) is 12.6 Å². The number of benzene rings is 2. The molecule has 0 aliphatic carbocycles. The maximum Gasteiger partial charge on any atom is 0.122 e. The molecule has 3 rings (SSSR count). The molecule has 21 heavy (non-hydrogen) atoms. The van der Waals surface area contributed by atoms with Crippen molar-refractivity contribution in [3.63, 3.8) is 0 Å². The van der Waals surface area contributed by atoms with Crippen molar-refractivity contribution >= 4 is 0 Å². The molecule has 0 radical (unpaired) electrons. The van der Waals surface area contributed by atoms with Gasteiger partial charge in [-0.15, -0.1) is 0 Å². The van der Waals surface area contributed by atoms with Crippen LogP contribution in [0, 0.1) is 19.8 Å². The Bertz CT molecular complexity index is 639. The molecular formula is C18H22N2O. The molecule has 3 heteroatoms. The van der Waals surface area contributed by atoms with Gasteiger partial charge >= 0.3 is 0 Å². The Labute approximate surface area is 126 Å². The van der Waals surface area contributed by atoms with Crippen LogP contribution >= 0.6 is 0 Å². The summed E-state index contributed by atoms with van der Waals surface area (Å²) in [6.07, 6.45) is 0.985. The topological polar surface area (TPSA) is 47.3 Å². The Balaban J connectivity index is 1.90. The maximum atomic E-state index is 5.91. The molecular weight excluding hydrogens is 260 g/mol. The van der Waals surface area contributed by atoms with Crippen molar-refractivity contribution in [2.75, 3.05) is 6.61 Å². The zero-order chi connectivity index (χ0) is 14.8. The summed E-state index contributed by atoms with van der Waals surface area (Å²) in [5.74, 6) is 7.21. The van der Waals surface area contributed by atoms with Crippen LogP contribution in [0.2, 0.25) is 0 Å². The van der Waals surface area contributed by atoms with Gasteiger partial charge in [-0.25, -0.2) is 0 Å². The summed E-state index contributed by atoms with van der Waals surface area (Å²) in [5.41, 5.74) is 8.14. The summed E-state index contributed by atoms with van der Waals surface area (Å²) < 4.78 is 5.91. The third kappa shape index (κ3) is 2.67. The number of hydrogen-bond acceptors (Lipinski definition) is 3. The van der Waals surface area contributed by atoms with E-state index in [4.69, 9.17) is 10.6 Å². The third-order valence-corrected chi connectivity index (χ3v) is 4.54. The second-order valence-electron chi connectivity index (χ2n) is 5.82. The lowest BCUT2D eigenvalue weighted by Gasteiger charge is -2.32. The number of para-hydroxylation sites is 1. The zero-order valence-electron chi connectivity index (χ0n) is 12.6. The van der Waals surface area contributed by atoms with E-state index in [0.717, 1.165) is 12.2 Å². The van der Waals surface area contributed by atoms with E-state index in [1.165, 1.54) is 22.3 Å². The molecule has 0 bridgehead atoms. The summed E-state index contributed by atoms with van der Waals surface area (Å²) in [6.45, 7) is 4.99. The van der Waals surface area contributed by atoms with Crippen molar-refractivity contribution < 1.29 is 4.74 Å². The number of nitrogens with two attached hydrogens (primary N) is 1. The minimum atomic E-state index is 0.109. The number of ether oxygens (including phenoxy) is 1. The van der Waals surface area contributed by atoms with Crippen LogP contribution in [-0.2, 0) is 6.42 Å². The second kappa shape index (κ2) is 5.88. The van der Waals surface area contributed by atoms with E-state index >= 15 is 0 Å². The Hall–Kier alpha value is -1.84. The number of hydrazine groups is 1. The molecule has 2 unspecified atom stereocenters. The van der Waals surface area contributed by atoms with E-state index in [-0.39, 0.29) is 6.04 Å². The Kier molecular flexibility index (Phi) is 3.95. The molecule has 0 fully saturated rings. The van der Waals surface area contributed by atoms with E-state index in [1.54, 1.807) is 0 Å². The van der Waals surface area contributed by atoms with E-state index in [1.807, 2.05) is 12.1 Å². The average Bonchev–Trinajstić information content (AvgIpc) is 2.52. The van der Waals surface area contributed by atoms with Crippen LogP contribution in [0.25, 0.3) is 0 Å². The van der Waals surface area contributed by atoms with Gasteiger partial charge in [0.1, 0.15) is 5.75 Å². The maximum absolute atomic E-state index is 5.91. The van der Waals surface area contributed by atoms with Crippen molar-refractivity contribution in [3.8, 4) is 5.75 Å². The highest BCUT2D eigenvalue weighted by Crippen LogP contribution is 2.34. The molecule has 1 aliphatic heterocycles. The smallest absolute Gasteiger partial charge is 0.122 e. The highest BCUT2D eigenvalue weighted by Gasteiger charge is 2.28. The fourth-order valence-electron chi connectivity index (χ4n) is 3.16. The highest BCUT2D eigenvalue weighted by molar-refractivity contribution is 5.38. The molecule has 3 N–H and O–H groups in total. The molecule has 1 heterocycles. The first-order valence-electron chi connectivity index (χ1n) is 7.43. The summed E-state index contributed by atoms with van der Waals surface area (Å²) in [4.78, 5) is 0. The SMILES string of the molecule is Cc1cccc(C(NN)C2COc3ccccc3C2)c1C. The van der Waals surface area contributed by atoms with Crippen LogP contribution in [0.4, 0.5) is 0 Å². The molecule has 1 aliphatic rings. The Morgan fingerprint density at radius 2 is 1.95 bits per heavy atom. The molecule has 0 aromatic heterocycles. The zero-order valence-corrected chi connectivity index (χ0v) is 12.6. The van der Waals surface area contributed by atoms with E-state index in [0.29, 0.717) is 12.5 Å². The van der Waals surface area contributed by atoms with Crippen LogP contribution < -0.4 is 16.0 Å². The van der Waals surface area contributed by atoms with E-state index in [9.17, 15) is 0 Å². The number of aryl methyl sites for hydroxylation is 1. The molecule has 3 nitrogen and oxygen atoms in total. The molecule has 2 aromatic rings. The van der Waals surface area contributed by atoms with Crippen molar-refractivity contribution in [1.82, 2.24) is 5.43 Å². The lowest BCUT2D eigenvalue weighted by molar-refractivity contribution is 0.184. The number of hydrogen-bond donors (Lipinski definition) is 2. The largest absolute Gasteiger partial charge is 0.493 e. The predicted octanol–water partition coefficient (Wildman–Crippen LogP) is 3.06. The molecule has 0 saturated carbocycles. The minimum absolute atomic E-state index is 0.109. The minimum Gasteiger partial charge on any atom is -0.493 e. The van der Waals surface area contributed by atoms with Crippen LogP contribution in [0.5, 0.6) is 5.75 Å². The van der Waals surface area contributed by atoms with Gasteiger partial charge in [0.2, 0.25) is 0 Å². The normalized spacial score (nSPS) is 18.7. The molecule has 110 valence electrons. The molecule has 0 saturated heterocycles. The fraction of sp³-hybridized carbons (Fsp3) is 0.333. The summed E-state index contributed by atoms with van der Waals surface area (Å²) in [7, 11) is 0. The van der Waals surface area contributed by atoms with Gasteiger partial charge in [0.15, 0.2) is 0 Å². The monoisotopic (exact) mass is 282 g/mol. The fourth-order valence-corrected chi connectivity index (χ4v) is 3.16. The van der Waals surface area contributed by atoms with Gasteiger partial charge in [-0.3, -0.25) is 11.3 Å². The first kappa shape index (κ1) is 14.1. The van der Waals surface area contributed by atoms with Gasteiger partial charge in [0.25, 0.3) is 0 Å². The lowest BCUT2D eigenvalue weighted by atomic mass is 9.84. The van der Waals surface area contributed by atoms with Crippen molar-refractivity contribution in [2.24, 2.45) is 11.8 Å². The van der Waals surface area contributed by atoms with Crippen molar-refractivity contribution in [3.05, 3.63) is 64.7 Å². The van der Waals surface area contributed by atoms with Crippen LogP contribution in [0.15, 0.2) is 42.5 Å². The quantitative estimate of drug-likeness (QED) is 0.672. The molecule has 0 amide bonds. The van der Waals surface area contributed by atoms with Crippen LogP contribution in [0.3, 0.4) is 0 Å². The van der Waals surface area contributed by atoms with Crippen molar-refractivity contribution in [1.29, 1.82) is 0 Å². The van der Waals surface area contributed by atoms with E-state index in [2.05, 4.69) is 49.6 Å². The Morgan fingerprint density at radius 1 is 1.14 bits per heavy atom. The average molecular weight is 282 g/mol. The van der Waals surface area contributed by atoms with Gasteiger partial charge < -0.3 is 4.74 Å². The van der Waals surface area contributed by atoms with Gasteiger partial charge in [0, 0.05) is 5.92 Å². The van der Waals surface area contributed by atoms with Crippen LogP contribution in [0.1, 0.15) is 28.3 Å². The van der Waals surface area contributed by atoms with Gasteiger partial charge in [-0.2, -0.15) is 0 Å². The summed E-state index contributed by atoms with van der Waals surface area (Å²) in [6, 6.07) is 14.8. The standard InChI is InChI=1S/C18H22N2O/c1-12-6-5-8-16(13(12)2)18(20-19)15-10-14-7-3-4-9-17(14)21-11-15/h3-9,15,18,20H,10-11,19H2,1-2H3. The summed E-state index contributed by atoms with van der Waals surface area (Å²) >= 11 is 0. The van der Waals surface area contributed by atoms with Gasteiger partial charge in [-0.1, -0.05) is 36.4 Å². The number of nitrogens with one attached hydrogen (secondary N) is 1. The lowest BCUT2D eigenvalue weighted by Crippen LogP contribution is -2.39. The van der Waals surface area contributed by atoms with Crippen molar-refractivity contribution in [2.45, 2.75) is 26.3 Å². The number of rotatable bonds is 3. The first-order valence-corrected chi connectivity index (χ1v) is 7.43. The highest BCUT2D eigenvalue weighted by atomic mass is 16.5. The summed E-state index contributed by atoms with van der Waals surface area (Å²) in [5, 5.41) is 0. The predicted molar refractivity (Wildman–Crippen MR) is 85.1 cm³/mol. The number of fused-ring (bicyclic) bond motifs is 1. The first-order chi connectivity index (χ1) is 10.2. The second-order valence-corrected chi connectivity index (χ2v) is 5.82. The van der Waals surface area contributed by atoms with E-state index < -0.39 is 0 Å². The van der Waals surface area contributed by atoms with Gasteiger partial charge in [-0.05, 0) is 48.6 Å². The Morgan fingerprint density at radius 3 is 2.76 bits per heavy atom.